The van der Waals surface area contributed by atoms with Crippen LogP contribution >= 0.6 is 0 Å². The number of carbonyl (C=O) groups is 4. The topological polar surface area (TPSA) is 84.0 Å². The summed E-state index contributed by atoms with van der Waals surface area (Å²) in [5, 5.41) is 0. The van der Waals surface area contributed by atoms with E-state index in [1.165, 1.54) is 12.0 Å². The van der Waals surface area contributed by atoms with Gasteiger partial charge in [-0.3, -0.25) is 24.1 Å². The molecule has 7 nitrogen and oxygen atoms in total. The first-order valence-electron chi connectivity index (χ1n) is 9.84. The molecule has 1 saturated carbocycles. The van der Waals surface area contributed by atoms with Gasteiger partial charge in [-0.15, -0.1) is 0 Å². The summed E-state index contributed by atoms with van der Waals surface area (Å²) in [6, 6.07) is 6.93. The number of carbonyl (C=O) groups excluding carboxylic acids is 4. The number of amides is 3. The fourth-order valence-corrected chi connectivity index (χ4v) is 4.01. The van der Waals surface area contributed by atoms with Crippen LogP contribution in [-0.2, 0) is 14.3 Å². The molecule has 1 aromatic rings. The van der Waals surface area contributed by atoms with Gasteiger partial charge in [-0.05, 0) is 31.4 Å². The summed E-state index contributed by atoms with van der Waals surface area (Å²) in [4.78, 5) is 52.0. The Balaban J connectivity index is 1.55. The van der Waals surface area contributed by atoms with E-state index in [9.17, 15) is 19.2 Å². The van der Waals surface area contributed by atoms with E-state index >= 15 is 0 Å². The van der Waals surface area contributed by atoms with E-state index < -0.39 is 0 Å². The van der Waals surface area contributed by atoms with Gasteiger partial charge in [0.15, 0.2) is 0 Å². The van der Waals surface area contributed by atoms with Crippen LogP contribution in [0.5, 0.6) is 0 Å². The van der Waals surface area contributed by atoms with Gasteiger partial charge in [0.25, 0.3) is 11.8 Å². The number of imide groups is 1. The number of nitrogens with zero attached hydrogens (tertiary/aromatic N) is 2. The first-order chi connectivity index (χ1) is 13.5. The zero-order valence-electron chi connectivity index (χ0n) is 16.2. The van der Waals surface area contributed by atoms with E-state index in [1.807, 2.05) is 0 Å². The standard InChI is InChI=1S/C21H26N2O5/c1-28-19(25)12-14-22(15-7-2-3-8-15)18(24)11-6-13-23-20(26)16-9-4-5-10-17(16)21(23)27/h4-5,9-10,15H,2-3,6-8,11-14H2,1H3. The number of hydrogen-bond donors (Lipinski definition) is 0. The monoisotopic (exact) mass is 386 g/mol. The summed E-state index contributed by atoms with van der Waals surface area (Å²) in [5.74, 6) is -0.966. The summed E-state index contributed by atoms with van der Waals surface area (Å²) in [7, 11) is 1.34. The fourth-order valence-electron chi connectivity index (χ4n) is 4.01. The predicted octanol–water partition coefficient (Wildman–Crippen LogP) is 2.40. The summed E-state index contributed by atoms with van der Waals surface area (Å²) >= 11 is 0. The van der Waals surface area contributed by atoms with Crippen LogP contribution in [-0.4, -0.2) is 59.7 Å². The number of ether oxygens (including phenoxy) is 1. The molecular formula is C21H26N2O5. The van der Waals surface area contributed by atoms with Crippen LogP contribution in [0.25, 0.3) is 0 Å². The number of esters is 1. The maximum atomic E-state index is 12.8. The average molecular weight is 386 g/mol. The predicted molar refractivity (Wildman–Crippen MR) is 102 cm³/mol. The molecule has 3 rings (SSSR count). The Bertz CT molecular complexity index is 735. The van der Waals surface area contributed by atoms with Crippen molar-refractivity contribution < 1.29 is 23.9 Å². The Morgan fingerprint density at radius 1 is 1.07 bits per heavy atom. The Hall–Kier alpha value is -2.70. The average Bonchev–Trinajstić information content (AvgIpc) is 3.31. The van der Waals surface area contributed by atoms with Gasteiger partial charge in [0, 0.05) is 25.6 Å². The van der Waals surface area contributed by atoms with Crippen molar-refractivity contribution in [1.29, 1.82) is 0 Å². The van der Waals surface area contributed by atoms with Crippen molar-refractivity contribution in [2.24, 2.45) is 0 Å². The molecule has 7 heteroatoms. The maximum absolute atomic E-state index is 12.8. The molecule has 0 spiro atoms. The van der Waals surface area contributed by atoms with E-state index in [0.717, 1.165) is 25.7 Å². The number of rotatable bonds is 8. The third kappa shape index (κ3) is 4.24. The number of hydrogen-bond acceptors (Lipinski definition) is 5. The van der Waals surface area contributed by atoms with Crippen LogP contribution in [0.2, 0.25) is 0 Å². The van der Waals surface area contributed by atoms with E-state index in [1.54, 1.807) is 29.2 Å². The van der Waals surface area contributed by atoms with E-state index in [2.05, 4.69) is 4.74 Å². The Morgan fingerprint density at radius 2 is 1.68 bits per heavy atom. The van der Waals surface area contributed by atoms with Gasteiger partial charge in [-0.1, -0.05) is 25.0 Å². The zero-order valence-corrected chi connectivity index (χ0v) is 16.2. The molecule has 1 aliphatic heterocycles. The van der Waals surface area contributed by atoms with Crippen molar-refractivity contribution in [3.05, 3.63) is 35.4 Å². The lowest BCUT2D eigenvalue weighted by molar-refractivity contribution is -0.142. The minimum atomic E-state index is -0.332. The molecule has 28 heavy (non-hydrogen) atoms. The first kappa shape index (κ1) is 20.0. The Kier molecular flexibility index (Phi) is 6.44. The van der Waals surface area contributed by atoms with Crippen molar-refractivity contribution >= 4 is 23.7 Å². The molecule has 150 valence electrons. The van der Waals surface area contributed by atoms with Gasteiger partial charge in [0.2, 0.25) is 5.91 Å². The quantitative estimate of drug-likeness (QED) is 0.506. The molecule has 0 unspecified atom stereocenters. The van der Waals surface area contributed by atoms with Gasteiger partial charge in [0.1, 0.15) is 0 Å². The van der Waals surface area contributed by atoms with Crippen molar-refractivity contribution in [1.82, 2.24) is 9.80 Å². The van der Waals surface area contributed by atoms with Crippen LogP contribution in [0.3, 0.4) is 0 Å². The molecule has 0 saturated heterocycles. The Labute approximate surface area is 164 Å². The van der Waals surface area contributed by atoms with Crippen LogP contribution in [0, 0.1) is 0 Å². The van der Waals surface area contributed by atoms with E-state index in [-0.39, 0.29) is 49.1 Å². The molecule has 2 aliphatic rings. The highest BCUT2D eigenvalue weighted by Crippen LogP contribution is 2.25. The molecular weight excluding hydrogens is 360 g/mol. The Morgan fingerprint density at radius 3 is 2.25 bits per heavy atom. The fraction of sp³-hybridized carbons (Fsp3) is 0.524. The van der Waals surface area contributed by atoms with Gasteiger partial charge in [-0.25, -0.2) is 0 Å². The first-order valence-corrected chi connectivity index (χ1v) is 9.84. The third-order valence-electron chi connectivity index (χ3n) is 5.52. The summed E-state index contributed by atoms with van der Waals surface area (Å²) < 4.78 is 4.69. The van der Waals surface area contributed by atoms with Crippen LogP contribution in [0.15, 0.2) is 24.3 Å². The minimum absolute atomic E-state index is 0.0348. The molecule has 1 fully saturated rings. The van der Waals surface area contributed by atoms with Gasteiger partial charge < -0.3 is 9.64 Å². The minimum Gasteiger partial charge on any atom is -0.469 e. The zero-order chi connectivity index (χ0) is 20.1. The molecule has 0 radical (unpaired) electrons. The van der Waals surface area contributed by atoms with E-state index in [0.29, 0.717) is 24.1 Å². The number of benzene rings is 1. The van der Waals surface area contributed by atoms with Crippen LogP contribution < -0.4 is 0 Å². The summed E-state index contributed by atoms with van der Waals surface area (Å²) in [6.45, 7) is 0.566. The lowest BCUT2D eigenvalue weighted by Crippen LogP contribution is -2.40. The van der Waals surface area contributed by atoms with Gasteiger partial charge in [-0.2, -0.15) is 0 Å². The van der Waals surface area contributed by atoms with E-state index in [4.69, 9.17) is 0 Å². The highest BCUT2D eigenvalue weighted by Gasteiger charge is 2.35. The molecule has 1 aromatic carbocycles. The summed E-state index contributed by atoms with van der Waals surface area (Å²) in [5.41, 5.74) is 0.842. The molecule has 1 heterocycles. The van der Waals surface area contributed by atoms with Crippen LogP contribution in [0.4, 0.5) is 0 Å². The number of fused-ring (bicyclic) bond motifs is 1. The largest absolute Gasteiger partial charge is 0.469 e. The maximum Gasteiger partial charge on any atom is 0.307 e. The second-order valence-electron chi connectivity index (χ2n) is 7.26. The highest BCUT2D eigenvalue weighted by molar-refractivity contribution is 6.21. The SMILES string of the molecule is COC(=O)CCN(C(=O)CCCN1C(=O)c2ccccc2C1=O)C1CCCC1. The highest BCUT2D eigenvalue weighted by atomic mass is 16.5. The van der Waals surface area contributed by atoms with Crippen LogP contribution in [0.1, 0.15) is 65.7 Å². The lowest BCUT2D eigenvalue weighted by Gasteiger charge is -2.29. The lowest BCUT2D eigenvalue weighted by atomic mass is 10.1. The van der Waals surface area contributed by atoms with Gasteiger partial charge >= 0.3 is 5.97 Å². The third-order valence-corrected chi connectivity index (χ3v) is 5.52. The smallest absolute Gasteiger partial charge is 0.307 e. The molecule has 3 amide bonds. The number of methoxy groups -OCH3 is 1. The molecule has 0 atom stereocenters. The molecule has 1 aliphatic carbocycles. The normalized spacial score (nSPS) is 16.4. The molecule has 0 N–H and O–H groups in total. The summed E-state index contributed by atoms with van der Waals surface area (Å²) in [6.07, 6.45) is 4.90. The molecule has 0 bridgehead atoms. The van der Waals surface area contributed by atoms with Crippen molar-refractivity contribution in [2.75, 3.05) is 20.2 Å². The second-order valence-corrected chi connectivity index (χ2v) is 7.26. The van der Waals surface area contributed by atoms with Crippen molar-refractivity contribution in [3.8, 4) is 0 Å². The van der Waals surface area contributed by atoms with Crippen molar-refractivity contribution in [2.45, 2.75) is 51.0 Å². The second kappa shape index (κ2) is 8.99. The molecule has 0 aromatic heterocycles. The van der Waals surface area contributed by atoms with Crippen molar-refractivity contribution in [3.63, 3.8) is 0 Å². The van der Waals surface area contributed by atoms with Gasteiger partial charge in [0.05, 0.1) is 24.7 Å².